The minimum atomic E-state index is -5.06. The molecule has 9 heteroatoms. The third-order valence-corrected chi connectivity index (χ3v) is 3.37. The molecule has 0 spiro atoms. The second-order valence-electron chi connectivity index (χ2n) is 4.25. The van der Waals surface area contributed by atoms with Crippen LogP contribution in [0.2, 0.25) is 0 Å². The number of amides is 1. The molecule has 1 aromatic carbocycles. The predicted molar refractivity (Wildman–Crippen MR) is 67.5 cm³/mol. The molecule has 0 atom stereocenters. The van der Waals surface area contributed by atoms with Crippen LogP contribution in [0.1, 0.15) is 12.0 Å². The van der Waals surface area contributed by atoms with E-state index in [1.54, 1.807) is 0 Å². The first-order valence-corrected chi connectivity index (χ1v) is 6.36. The van der Waals surface area contributed by atoms with Crippen molar-refractivity contribution in [1.29, 1.82) is 0 Å². The lowest BCUT2D eigenvalue weighted by Crippen LogP contribution is -2.44. The fraction of sp³-hybridized carbons (Fsp3) is 0.364. The molecule has 1 aromatic rings. The Hall–Kier alpha value is -1.64. The summed E-state index contributed by atoms with van der Waals surface area (Å²) in [5.41, 5.74) is -0.409. The van der Waals surface area contributed by atoms with E-state index >= 15 is 0 Å². The van der Waals surface area contributed by atoms with E-state index < -0.39 is 22.7 Å². The van der Waals surface area contributed by atoms with Gasteiger partial charge in [0.05, 0.1) is 4.92 Å². The Labute approximate surface area is 119 Å². The van der Waals surface area contributed by atoms with Crippen molar-refractivity contribution in [3.05, 3.63) is 32.3 Å². The van der Waals surface area contributed by atoms with Crippen LogP contribution in [0.3, 0.4) is 0 Å². The normalized spacial score (nSPS) is 14.9. The van der Waals surface area contributed by atoms with Gasteiger partial charge in [-0.25, -0.2) is 0 Å². The average molecular weight is 353 g/mol. The van der Waals surface area contributed by atoms with Gasteiger partial charge in [-0.05, 0) is 24.5 Å². The van der Waals surface area contributed by atoms with Crippen molar-refractivity contribution in [1.82, 2.24) is 0 Å². The Morgan fingerprint density at radius 2 is 2.05 bits per heavy atom. The van der Waals surface area contributed by atoms with Crippen LogP contribution in [-0.2, 0) is 11.2 Å². The van der Waals surface area contributed by atoms with Gasteiger partial charge in [-0.1, -0.05) is 15.9 Å². The van der Waals surface area contributed by atoms with Crippen LogP contribution in [0, 0.1) is 10.1 Å². The largest absolute Gasteiger partial charge is 0.471 e. The van der Waals surface area contributed by atoms with Gasteiger partial charge in [0.2, 0.25) is 0 Å². The van der Waals surface area contributed by atoms with Crippen molar-refractivity contribution in [2.45, 2.75) is 19.0 Å². The summed E-state index contributed by atoms with van der Waals surface area (Å²) in [5.74, 6) is -2.08. The smallest absolute Gasteiger partial charge is 0.298 e. The minimum absolute atomic E-state index is 0.187. The lowest BCUT2D eigenvalue weighted by Gasteiger charge is -2.29. The minimum Gasteiger partial charge on any atom is -0.298 e. The first-order valence-electron chi connectivity index (χ1n) is 5.57. The lowest BCUT2D eigenvalue weighted by molar-refractivity contribution is -0.384. The Bertz CT molecular complexity index is 589. The Morgan fingerprint density at radius 3 is 2.60 bits per heavy atom. The predicted octanol–water partition coefficient (Wildman–Crippen LogP) is 3.20. The van der Waals surface area contributed by atoms with Gasteiger partial charge in [-0.2, -0.15) is 13.2 Å². The summed E-state index contributed by atoms with van der Waals surface area (Å²) >= 11 is 3.08. The molecular formula is C11H8BrF3N2O3. The van der Waals surface area contributed by atoms with Crippen molar-refractivity contribution >= 4 is 33.2 Å². The second kappa shape index (κ2) is 5.04. The molecule has 0 aliphatic carbocycles. The molecule has 1 aliphatic heterocycles. The van der Waals surface area contributed by atoms with Gasteiger partial charge in [0.1, 0.15) is 5.69 Å². The molecule has 108 valence electrons. The quantitative estimate of drug-likeness (QED) is 0.575. The molecule has 2 rings (SSSR count). The van der Waals surface area contributed by atoms with E-state index in [1.807, 2.05) is 0 Å². The maximum atomic E-state index is 12.6. The van der Waals surface area contributed by atoms with Crippen LogP contribution in [0.4, 0.5) is 24.5 Å². The number of nitro benzene ring substituents is 1. The number of hydrogen-bond donors (Lipinski definition) is 0. The molecule has 0 fully saturated rings. The van der Waals surface area contributed by atoms with Crippen molar-refractivity contribution in [3.8, 4) is 0 Å². The first kappa shape index (κ1) is 14.8. The van der Waals surface area contributed by atoms with Gasteiger partial charge in [0, 0.05) is 17.1 Å². The molecule has 20 heavy (non-hydrogen) atoms. The van der Waals surface area contributed by atoms with Crippen molar-refractivity contribution in [2.24, 2.45) is 0 Å². The number of nitro groups is 1. The summed E-state index contributed by atoms with van der Waals surface area (Å²) in [6.07, 6.45) is -4.35. The zero-order chi connectivity index (χ0) is 15.1. The number of anilines is 1. The zero-order valence-electron chi connectivity index (χ0n) is 9.91. The fourth-order valence-electron chi connectivity index (χ4n) is 2.18. The third kappa shape index (κ3) is 2.62. The standard InChI is InChI=1S/C11H8BrF3N2O3/c12-7-4-6-2-1-3-16(10(18)11(13,14)15)9(6)8(5-7)17(19)20/h4-5H,1-3H2. The molecule has 0 saturated carbocycles. The summed E-state index contributed by atoms with van der Waals surface area (Å²) in [4.78, 5) is 22.1. The summed E-state index contributed by atoms with van der Waals surface area (Å²) < 4.78 is 38.1. The lowest BCUT2D eigenvalue weighted by atomic mass is 10.00. The summed E-state index contributed by atoms with van der Waals surface area (Å²) in [7, 11) is 0. The summed E-state index contributed by atoms with van der Waals surface area (Å²) in [6, 6.07) is 2.60. The van der Waals surface area contributed by atoms with Crippen molar-refractivity contribution in [3.63, 3.8) is 0 Å². The number of benzene rings is 1. The van der Waals surface area contributed by atoms with Gasteiger partial charge in [-0.15, -0.1) is 0 Å². The van der Waals surface area contributed by atoms with Gasteiger partial charge >= 0.3 is 12.1 Å². The number of rotatable bonds is 1. The van der Waals surface area contributed by atoms with E-state index in [9.17, 15) is 28.1 Å². The zero-order valence-corrected chi connectivity index (χ0v) is 11.5. The molecule has 0 bridgehead atoms. The highest BCUT2D eigenvalue weighted by atomic mass is 79.9. The van der Waals surface area contributed by atoms with Crippen molar-refractivity contribution in [2.75, 3.05) is 11.4 Å². The van der Waals surface area contributed by atoms with Crippen molar-refractivity contribution < 1.29 is 22.9 Å². The van der Waals surface area contributed by atoms with E-state index in [4.69, 9.17) is 0 Å². The third-order valence-electron chi connectivity index (χ3n) is 2.92. The summed E-state index contributed by atoms with van der Waals surface area (Å²) in [5, 5.41) is 11.0. The van der Waals surface area contributed by atoms with Crippen LogP contribution in [0.5, 0.6) is 0 Å². The highest BCUT2D eigenvalue weighted by molar-refractivity contribution is 9.10. The molecule has 0 aromatic heterocycles. The molecule has 0 N–H and O–H groups in total. The topological polar surface area (TPSA) is 63.5 Å². The summed E-state index contributed by atoms with van der Waals surface area (Å²) in [6.45, 7) is -0.187. The van der Waals surface area contributed by atoms with Crippen LogP contribution in [0.15, 0.2) is 16.6 Å². The van der Waals surface area contributed by atoms with E-state index in [0.717, 1.165) is 6.07 Å². The van der Waals surface area contributed by atoms with Crippen LogP contribution in [0.25, 0.3) is 0 Å². The van der Waals surface area contributed by atoms with Gasteiger partial charge in [0.25, 0.3) is 5.69 Å². The molecule has 0 unspecified atom stereocenters. The highest BCUT2D eigenvalue weighted by Gasteiger charge is 2.45. The highest BCUT2D eigenvalue weighted by Crippen LogP contribution is 2.40. The molecule has 0 saturated heterocycles. The van der Waals surface area contributed by atoms with Gasteiger partial charge in [0.15, 0.2) is 0 Å². The second-order valence-corrected chi connectivity index (χ2v) is 5.16. The molecule has 5 nitrogen and oxygen atoms in total. The average Bonchev–Trinajstić information content (AvgIpc) is 2.34. The van der Waals surface area contributed by atoms with Gasteiger partial charge < -0.3 is 0 Å². The van der Waals surface area contributed by atoms with Crippen LogP contribution in [-0.4, -0.2) is 23.6 Å². The van der Waals surface area contributed by atoms with Crippen LogP contribution < -0.4 is 4.90 Å². The number of aryl methyl sites for hydroxylation is 1. The van der Waals surface area contributed by atoms with Gasteiger partial charge in [-0.3, -0.25) is 19.8 Å². The van der Waals surface area contributed by atoms with Crippen LogP contribution >= 0.6 is 15.9 Å². The van der Waals surface area contributed by atoms with E-state index in [-0.39, 0.29) is 12.2 Å². The number of hydrogen-bond acceptors (Lipinski definition) is 3. The number of nitrogens with zero attached hydrogens (tertiary/aromatic N) is 2. The monoisotopic (exact) mass is 352 g/mol. The molecule has 1 heterocycles. The SMILES string of the molecule is O=C(N1CCCc2cc(Br)cc([N+](=O)[O-])c21)C(F)(F)F. The molecular weight excluding hydrogens is 345 g/mol. The number of carbonyl (C=O) groups excluding carboxylic acids is 1. The first-order chi connectivity index (χ1) is 9.21. The van der Waals surface area contributed by atoms with E-state index in [1.165, 1.54) is 6.07 Å². The number of halogens is 4. The Morgan fingerprint density at radius 1 is 1.40 bits per heavy atom. The number of carbonyl (C=O) groups is 1. The Kier molecular flexibility index (Phi) is 3.72. The Balaban J connectivity index is 2.60. The maximum absolute atomic E-state index is 12.6. The fourth-order valence-corrected chi connectivity index (χ4v) is 2.67. The maximum Gasteiger partial charge on any atom is 0.471 e. The van der Waals surface area contributed by atoms with E-state index in [0.29, 0.717) is 27.8 Å². The number of fused-ring (bicyclic) bond motifs is 1. The number of alkyl halides is 3. The molecule has 1 aliphatic rings. The molecule has 0 radical (unpaired) electrons. The molecule has 1 amide bonds. The van der Waals surface area contributed by atoms with E-state index in [2.05, 4.69) is 15.9 Å².